The number of nitrogens with one attached hydrogen (secondary N) is 2. The number of amides is 2. The second kappa shape index (κ2) is 6.74. The quantitative estimate of drug-likeness (QED) is 0.769. The average molecular weight is 292 g/mol. The zero-order chi connectivity index (χ0) is 15.2. The number of benzene rings is 1. The van der Waals surface area contributed by atoms with Crippen molar-refractivity contribution in [3.63, 3.8) is 0 Å². The van der Waals surface area contributed by atoms with Crippen LogP contribution >= 0.6 is 0 Å². The molecular weight excluding hydrogens is 276 g/mol. The van der Waals surface area contributed by atoms with Crippen molar-refractivity contribution in [2.45, 2.75) is 18.9 Å². The topological polar surface area (TPSA) is 93.7 Å². The molecule has 1 aromatic carbocycles. The Morgan fingerprint density at radius 2 is 2.14 bits per heavy atom. The number of hydrogen-bond acceptors (Lipinski definition) is 5. The highest BCUT2D eigenvalue weighted by Gasteiger charge is 2.28. The van der Waals surface area contributed by atoms with Crippen LogP contribution in [-0.2, 0) is 19.1 Å². The third kappa shape index (κ3) is 3.95. The minimum absolute atomic E-state index is 0.185. The standard InChI is InChI=1S/C14H16N2O5/c1-20-11-5-3-2-4-9(11)15-13(18)8-21-14(19)10-6-7-12(17)16-10/h2-5,10H,6-8H2,1H3,(H,15,18)(H,16,17)/t10-/m1/s1. The number of para-hydroxylation sites is 2. The van der Waals surface area contributed by atoms with Gasteiger partial charge in [0, 0.05) is 6.42 Å². The summed E-state index contributed by atoms with van der Waals surface area (Å²) in [4.78, 5) is 34.4. The van der Waals surface area contributed by atoms with Gasteiger partial charge >= 0.3 is 5.97 Å². The molecule has 7 nitrogen and oxygen atoms in total. The average Bonchev–Trinajstić information content (AvgIpc) is 2.92. The van der Waals surface area contributed by atoms with Gasteiger partial charge < -0.3 is 20.1 Å². The molecule has 0 saturated carbocycles. The molecule has 0 spiro atoms. The van der Waals surface area contributed by atoms with Crippen LogP contribution < -0.4 is 15.4 Å². The van der Waals surface area contributed by atoms with Crippen LogP contribution in [0.4, 0.5) is 5.69 Å². The number of anilines is 1. The molecule has 1 saturated heterocycles. The molecule has 21 heavy (non-hydrogen) atoms. The Kier molecular flexibility index (Phi) is 4.76. The first-order valence-corrected chi connectivity index (χ1v) is 6.49. The fourth-order valence-electron chi connectivity index (χ4n) is 1.96. The van der Waals surface area contributed by atoms with E-state index in [0.29, 0.717) is 24.3 Å². The molecule has 1 heterocycles. The van der Waals surface area contributed by atoms with Crippen LogP contribution in [-0.4, -0.2) is 37.5 Å². The molecule has 2 rings (SSSR count). The predicted octanol–water partition coefficient (Wildman–Crippen LogP) is 0.455. The van der Waals surface area contributed by atoms with Gasteiger partial charge in [-0.2, -0.15) is 0 Å². The van der Waals surface area contributed by atoms with E-state index in [9.17, 15) is 14.4 Å². The number of rotatable bonds is 5. The number of methoxy groups -OCH3 is 1. The van der Waals surface area contributed by atoms with Gasteiger partial charge in [0.05, 0.1) is 12.8 Å². The van der Waals surface area contributed by atoms with E-state index < -0.39 is 24.5 Å². The van der Waals surface area contributed by atoms with Gasteiger partial charge in [-0.1, -0.05) is 12.1 Å². The first-order chi connectivity index (χ1) is 10.1. The second-order valence-electron chi connectivity index (χ2n) is 4.51. The molecule has 2 amide bonds. The Balaban J connectivity index is 1.82. The van der Waals surface area contributed by atoms with Crippen molar-refractivity contribution >= 4 is 23.5 Å². The number of hydrogen-bond donors (Lipinski definition) is 2. The normalized spacial score (nSPS) is 17.0. The number of esters is 1. The van der Waals surface area contributed by atoms with Gasteiger partial charge in [-0.05, 0) is 18.6 Å². The van der Waals surface area contributed by atoms with E-state index in [1.807, 2.05) is 0 Å². The van der Waals surface area contributed by atoms with Gasteiger partial charge in [0.15, 0.2) is 6.61 Å². The van der Waals surface area contributed by atoms with Crippen LogP contribution in [0.1, 0.15) is 12.8 Å². The highest BCUT2D eigenvalue weighted by Crippen LogP contribution is 2.22. The van der Waals surface area contributed by atoms with Gasteiger partial charge in [0.2, 0.25) is 5.91 Å². The lowest BCUT2D eigenvalue weighted by Crippen LogP contribution is -2.36. The van der Waals surface area contributed by atoms with E-state index in [-0.39, 0.29) is 5.91 Å². The third-order valence-electron chi connectivity index (χ3n) is 3.01. The van der Waals surface area contributed by atoms with E-state index in [0.717, 1.165) is 0 Å². The number of carbonyl (C=O) groups excluding carboxylic acids is 3. The molecule has 1 aromatic rings. The summed E-state index contributed by atoms with van der Waals surface area (Å²) in [5.41, 5.74) is 0.496. The minimum Gasteiger partial charge on any atom is -0.495 e. The van der Waals surface area contributed by atoms with Crippen LogP contribution in [0.2, 0.25) is 0 Å². The molecule has 0 aliphatic carbocycles. The molecule has 1 atom stereocenters. The van der Waals surface area contributed by atoms with Crippen molar-refractivity contribution in [2.24, 2.45) is 0 Å². The van der Waals surface area contributed by atoms with Crippen LogP contribution in [0.3, 0.4) is 0 Å². The van der Waals surface area contributed by atoms with E-state index in [1.54, 1.807) is 24.3 Å². The molecule has 7 heteroatoms. The van der Waals surface area contributed by atoms with Crippen LogP contribution in [0, 0.1) is 0 Å². The van der Waals surface area contributed by atoms with Crippen molar-refractivity contribution in [1.82, 2.24) is 5.32 Å². The van der Waals surface area contributed by atoms with Crippen LogP contribution in [0.5, 0.6) is 5.75 Å². The molecule has 2 N–H and O–H groups in total. The van der Waals surface area contributed by atoms with Gasteiger partial charge in [0.1, 0.15) is 11.8 Å². The molecule has 0 radical (unpaired) electrons. The van der Waals surface area contributed by atoms with Crippen molar-refractivity contribution in [3.05, 3.63) is 24.3 Å². The summed E-state index contributed by atoms with van der Waals surface area (Å²) in [7, 11) is 1.49. The molecule has 1 aliphatic rings. The van der Waals surface area contributed by atoms with Crippen LogP contribution in [0.25, 0.3) is 0 Å². The van der Waals surface area contributed by atoms with Gasteiger partial charge in [0.25, 0.3) is 5.91 Å². The summed E-state index contributed by atoms with van der Waals surface area (Å²) in [6.07, 6.45) is 0.693. The summed E-state index contributed by atoms with van der Waals surface area (Å²) in [6, 6.07) is 6.25. The lowest BCUT2D eigenvalue weighted by molar-refractivity contribution is -0.149. The first kappa shape index (κ1) is 14.8. The molecule has 1 fully saturated rings. The highest BCUT2D eigenvalue weighted by molar-refractivity contribution is 5.95. The number of ether oxygens (including phenoxy) is 2. The van der Waals surface area contributed by atoms with Gasteiger partial charge in [-0.15, -0.1) is 0 Å². The van der Waals surface area contributed by atoms with E-state index >= 15 is 0 Å². The fourth-order valence-corrected chi connectivity index (χ4v) is 1.96. The van der Waals surface area contributed by atoms with Crippen molar-refractivity contribution in [1.29, 1.82) is 0 Å². The Morgan fingerprint density at radius 1 is 1.38 bits per heavy atom. The Labute approximate surface area is 121 Å². The Bertz CT molecular complexity index is 558. The Morgan fingerprint density at radius 3 is 2.81 bits per heavy atom. The van der Waals surface area contributed by atoms with Gasteiger partial charge in [-0.25, -0.2) is 4.79 Å². The molecule has 112 valence electrons. The third-order valence-corrected chi connectivity index (χ3v) is 3.01. The summed E-state index contributed by atoms with van der Waals surface area (Å²) in [5, 5.41) is 5.07. The first-order valence-electron chi connectivity index (χ1n) is 6.49. The highest BCUT2D eigenvalue weighted by atomic mass is 16.5. The smallest absolute Gasteiger partial charge is 0.329 e. The molecule has 0 bridgehead atoms. The second-order valence-corrected chi connectivity index (χ2v) is 4.51. The summed E-state index contributed by atoms with van der Waals surface area (Å²) < 4.78 is 9.97. The maximum absolute atomic E-state index is 11.7. The molecule has 0 unspecified atom stereocenters. The van der Waals surface area contributed by atoms with Crippen molar-refractivity contribution in [3.8, 4) is 5.75 Å². The largest absolute Gasteiger partial charge is 0.495 e. The van der Waals surface area contributed by atoms with Crippen molar-refractivity contribution < 1.29 is 23.9 Å². The van der Waals surface area contributed by atoms with E-state index in [1.165, 1.54) is 7.11 Å². The maximum atomic E-state index is 11.7. The lowest BCUT2D eigenvalue weighted by Gasteiger charge is -2.12. The van der Waals surface area contributed by atoms with Crippen molar-refractivity contribution in [2.75, 3.05) is 19.0 Å². The molecular formula is C14H16N2O5. The monoisotopic (exact) mass is 292 g/mol. The van der Waals surface area contributed by atoms with E-state index in [2.05, 4.69) is 10.6 Å². The number of carbonyl (C=O) groups is 3. The fraction of sp³-hybridized carbons (Fsp3) is 0.357. The molecule has 1 aliphatic heterocycles. The lowest BCUT2D eigenvalue weighted by atomic mass is 10.2. The zero-order valence-electron chi connectivity index (χ0n) is 11.5. The zero-order valence-corrected chi connectivity index (χ0v) is 11.5. The summed E-state index contributed by atoms with van der Waals surface area (Å²) in [6.45, 7) is -0.413. The molecule has 0 aromatic heterocycles. The summed E-state index contributed by atoms with van der Waals surface area (Å²) >= 11 is 0. The maximum Gasteiger partial charge on any atom is 0.329 e. The van der Waals surface area contributed by atoms with Crippen LogP contribution in [0.15, 0.2) is 24.3 Å². The minimum atomic E-state index is -0.656. The predicted molar refractivity (Wildman–Crippen MR) is 73.7 cm³/mol. The Hall–Kier alpha value is -2.57. The SMILES string of the molecule is COc1ccccc1NC(=O)COC(=O)[C@H]1CCC(=O)N1. The summed E-state index contributed by atoms with van der Waals surface area (Å²) in [5.74, 6) is -0.746. The van der Waals surface area contributed by atoms with Gasteiger partial charge in [-0.3, -0.25) is 9.59 Å². The van der Waals surface area contributed by atoms with E-state index in [4.69, 9.17) is 9.47 Å².